The molecule has 6 nitrogen and oxygen atoms in total. The lowest BCUT2D eigenvalue weighted by Gasteiger charge is -2.31. The summed E-state index contributed by atoms with van der Waals surface area (Å²) in [4.78, 5) is 0. The molecule has 0 spiro atoms. The van der Waals surface area contributed by atoms with Gasteiger partial charge in [0.15, 0.2) is 12.1 Å². The summed E-state index contributed by atoms with van der Waals surface area (Å²) in [6, 6.07) is 0. The smallest absolute Gasteiger partial charge is 0.163 e. The van der Waals surface area contributed by atoms with Crippen LogP contribution in [0.15, 0.2) is 12.2 Å². The van der Waals surface area contributed by atoms with Crippen LogP contribution >= 0.6 is 15.9 Å². The van der Waals surface area contributed by atoms with E-state index in [0.717, 1.165) is 5.33 Å². The van der Waals surface area contributed by atoms with E-state index in [1.54, 1.807) is 7.11 Å². The molecule has 1 heterocycles. The van der Waals surface area contributed by atoms with Crippen molar-refractivity contribution in [3.8, 4) is 0 Å². The van der Waals surface area contributed by atoms with E-state index >= 15 is 0 Å². The highest BCUT2D eigenvalue weighted by atomic mass is 79.9. The van der Waals surface area contributed by atoms with Crippen molar-refractivity contribution in [1.29, 1.82) is 0 Å². The zero-order valence-corrected chi connectivity index (χ0v) is 16.2. The number of ether oxygens (including phenoxy) is 6. The summed E-state index contributed by atoms with van der Waals surface area (Å²) in [6.07, 6.45) is 2.60. The number of alkyl halides is 1. The van der Waals surface area contributed by atoms with Gasteiger partial charge >= 0.3 is 0 Å². The molecule has 1 aliphatic rings. The third-order valence-electron chi connectivity index (χ3n) is 3.26. The average Bonchev–Trinajstić information content (AvgIpc) is 2.85. The van der Waals surface area contributed by atoms with Crippen LogP contribution in [0.2, 0.25) is 0 Å². The maximum Gasteiger partial charge on any atom is 0.163 e. The Bertz CT molecular complexity index is 349. The van der Waals surface area contributed by atoms with Crippen molar-refractivity contribution in [2.75, 3.05) is 32.4 Å². The van der Waals surface area contributed by atoms with Crippen molar-refractivity contribution < 1.29 is 28.4 Å². The summed E-state index contributed by atoms with van der Waals surface area (Å²) in [5, 5.41) is 0.723. The molecule has 0 aromatic heterocycles. The molecule has 0 aliphatic carbocycles. The molecule has 1 unspecified atom stereocenters. The molecule has 1 fully saturated rings. The zero-order chi connectivity index (χ0) is 17.3. The first-order chi connectivity index (χ1) is 10.9. The number of hydrogen-bond donors (Lipinski definition) is 0. The molecule has 0 aromatic carbocycles. The Morgan fingerprint density at radius 3 is 2.61 bits per heavy atom. The molecule has 4 atom stereocenters. The van der Waals surface area contributed by atoms with E-state index in [0.29, 0.717) is 13.2 Å². The van der Waals surface area contributed by atoms with Gasteiger partial charge < -0.3 is 28.4 Å². The Labute approximate surface area is 147 Å². The van der Waals surface area contributed by atoms with Crippen molar-refractivity contribution in [1.82, 2.24) is 0 Å². The van der Waals surface area contributed by atoms with Gasteiger partial charge in [0, 0.05) is 19.0 Å². The summed E-state index contributed by atoms with van der Waals surface area (Å²) >= 11 is 3.38. The number of hydrogen-bond acceptors (Lipinski definition) is 6. The average molecular weight is 397 g/mol. The second-order valence-electron chi connectivity index (χ2n) is 5.61. The summed E-state index contributed by atoms with van der Waals surface area (Å²) in [7, 11) is 1.58. The second kappa shape index (κ2) is 10.8. The van der Waals surface area contributed by atoms with E-state index < -0.39 is 5.79 Å². The summed E-state index contributed by atoms with van der Waals surface area (Å²) in [5.74, 6) is -0.630. The van der Waals surface area contributed by atoms with E-state index in [-0.39, 0.29) is 31.4 Å². The molecule has 0 saturated carbocycles. The predicted octanol–water partition coefficient (Wildman–Crippen LogP) is 2.85. The Balaban J connectivity index is 2.84. The minimum absolute atomic E-state index is 0.149. The number of methoxy groups -OCH3 is 1. The Morgan fingerprint density at radius 1 is 1.35 bits per heavy atom. The molecule has 0 bridgehead atoms. The lowest BCUT2D eigenvalue weighted by atomic mass is 10.1. The fraction of sp³-hybridized carbons (Fsp3) is 0.875. The van der Waals surface area contributed by atoms with E-state index in [1.807, 2.05) is 39.8 Å². The molecule has 1 aliphatic heterocycles. The first-order valence-electron chi connectivity index (χ1n) is 7.85. The molecule has 0 radical (unpaired) electrons. The summed E-state index contributed by atoms with van der Waals surface area (Å²) in [6.45, 7) is 8.72. The van der Waals surface area contributed by atoms with Gasteiger partial charge in [-0.3, -0.25) is 0 Å². The van der Waals surface area contributed by atoms with Gasteiger partial charge in [-0.05, 0) is 27.7 Å². The first-order valence-corrected chi connectivity index (χ1v) is 8.97. The Hall–Kier alpha value is -0.0200. The van der Waals surface area contributed by atoms with Crippen LogP contribution in [0.3, 0.4) is 0 Å². The fourth-order valence-corrected chi connectivity index (χ4v) is 2.57. The summed E-state index contributed by atoms with van der Waals surface area (Å²) < 4.78 is 34.0. The normalized spacial score (nSPS) is 24.9. The van der Waals surface area contributed by atoms with E-state index in [2.05, 4.69) is 15.9 Å². The number of halogens is 1. The van der Waals surface area contributed by atoms with Gasteiger partial charge in [0.2, 0.25) is 0 Å². The number of rotatable bonds is 11. The van der Waals surface area contributed by atoms with E-state index in [1.165, 1.54) is 0 Å². The van der Waals surface area contributed by atoms with Crippen LogP contribution < -0.4 is 0 Å². The fourth-order valence-electron chi connectivity index (χ4n) is 2.35. The SMILES string of the molecule is CCOC(C)O[C@H](/C=C\CBr)[C@H](OCOC)[C@H]1COC(C)(C)O1. The van der Waals surface area contributed by atoms with Crippen molar-refractivity contribution in [2.45, 2.75) is 58.1 Å². The standard InChI is InChI=1S/C16H29BrO6/c1-6-19-12(2)22-13(8-7-9-17)15(20-11-18-5)14-10-21-16(3,4)23-14/h7-8,12-15H,6,9-11H2,1-5H3/b8-7-/t12?,13-,14-,15+/m1/s1. The van der Waals surface area contributed by atoms with Crippen LogP contribution in [0.4, 0.5) is 0 Å². The lowest BCUT2D eigenvalue weighted by molar-refractivity contribution is -0.217. The highest BCUT2D eigenvalue weighted by Gasteiger charge is 2.41. The molecule has 7 heteroatoms. The largest absolute Gasteiger partial charge is 0.359 e. The molecule has 23 heavy (non-hydrogen) atoms. The Morgan fingerprint density at radius 2 is 2.09 bits per heavy atom. The highest BCUT2D eigenvalue weighted by Crippen LogP contribution is 2.28. The third-order valence-corrected chi connectivity index (χ3v) is 3.64. The van der Waals surface area contributed by atoms with Crippen molar-refractivity contribution in [3.05, 3.63) is 12.2 Å². The van der Waals surface area contributed by atoms with E-state index in [4.69, 9.17) is 28.4 Å². The van der Waals surface area contributed by atoms with E-state index in [9.17, 15) is 0 Å². The van der Waals surface area contributed by atoms with Crippen LogP contribution in [0.25, 0.3) is 0 Å². The van der Waals surface area contributed by atoms with Gasteiger partial charge in [0.25, 0.3) is 0 Å². The van der Waals surface area contributed by atoms with Gasteiger partial charge in [-0.15, -0.1) is 0 Å². The molecule has 0 amide bonds. The monoisotopic (exact) mass is 396 g/mol. The van der Waals surface area contributed by atoms with Gasteiger partial charge in [-0.25, -0.2) is 0 Å². The van der Waals surface area contributed by atoms with Crippen LogP contribution in [0.5, 0.6) is 0 Å². The second-order valence-corrected chi connectivity index (χ2v) is 6.26. The molecule has 0 aromatic rings. The molecular formula is C16H29BrO6. The van der Waals surface area contributed by atoms with Gasteiger partial charge in [-0.2, -0.15) is 0 Å². The predicted molar refractivity (Wildman–Crippen MR) is 90.5 cm³/mol. The maximum atomic E-state index is 5.99. The highest BCUT2D eigenvalue weighted by molar-refractivity contribution is 9.09. The summed E-state index contributed by atoms with van der Waals surface area (Å²) in [5.41, 5.74) is 0. The third kappa shape index (κ3) is 7.60. The van der Waals surface area contributed by atoms with Crippen LogP contribution in [-0.4, -0.2) is 62.8 Å². The maximum absolute atomic E-state index is 5.99. The van der Waals surface area contributed by atoms with Crippen molar-refractivity contribution in [2.24, 2.45) is 0 Å². The molecule has 1 rings (SSSR count). The Kier molecular flexibility index (Phi) is 9.84. The minimum atomic E-state index is -0.630. The number of allylic oxidation sites excluding steroid dienone is 1. The van der Waals surface area contributed by atoms with Crippen molar-refractivity contribution >= 4 is 15.9 Å². The minimum Gasteiger partial charge on any atom is -0.359 e. The van der Waals surface area contributed by atoms with Gasteiger partial charge in [0.1, 0.15) is 25.1 Å². The van der Waals surface area contributed by atoms with Crippen LogP contribution in [-0.2, 0) is 28.4 Å². The lowest BCUT2D eigenvalue weighted by Crippen LogP contribution is -2.44. The first kappa shape index (κ1) is 21.0. The van der Waals surface area contributed by atoms with Crippen LogP contribution in [0.1, 0.15) is 27.7 Å². The molecule has 1 saturated heterocycles. The quantitative estimate of drug-likeness (QED) is 0.304. The van der Waals surface area contributed by atoms with Crippen molar-refractivity contribution in [3.63, 3.8) is 0 Å². The van der Waals surface area contributed by atoms with Gasteiger partial charge in [-0.1, -0.05) is 28.1 Å². The van der Waals surface area contributed by atoms with Crippen LogP contribution in [0, 0.1) is 0 Å². The molecule has 0 N–H and O–H groups in total. The molecular weight excluding hydrogens is 368 g/mol. The zero-order valence-electron chi connectivity index (χ0n) is 14.6. The van der Waals surface area contributed by atoms with Gasteiger partial charge in [0.05, 0.1) is 6.61 Å². The molecule has 136 valence electrons. The topological polar surface area (TPSA) is 55.4 Å².